The molecule has 0 fully saturated rings. The van der Waals surface area contributed by atoms with Gasteiger partial charge in [0.2, 0.25) is 0 Å². The molecule has 2 aromatic heterocycles. The number of aromatic hydroxyl groups is 1. The number of aromatic nitrogens is 2. The van der Waals surface area contributed by atoms with Gasteiger partial charge in [-0.3, -0.25) is 0 Å². The second-order valence-corrected chi connectivity index (χ2v) is 6.07. The van der Waals surface area contributed by atoms with Crippen LogP contribution in [0.3, 0.4) is 0 Å². The summed E-state index contributed by atoms with van der Waals surface area (Å²) in [4.78, 5) is 15.1. The zero-order valence-corrected chi connectivity index (χ0v) is 15.0. The maximum Gasteiger partial charge on any atom is 0.339 e. The van der Waals surface area contributed by atoms with Crippen molar-refractivity contribution in [3.63, 3.8) is 0 Å². The van der Waals surface area contributed by atoms with Crippen molar-refractivity contribution in [2.45, 2.75) is 13.8 Å². The first-order valence-corrected chi connectivity index (χ1v) is 8.04. The van der Waals surface area contributed by atoms with Crippen LogP contribution in [0.1, 0.15) is 32.9 Å². The van der Waals surface area contributed by atoms with Gasteiger partial charge < -0.3 is 19.4 Å². The minimum absolute atomic E-state index is 0.0847. The van der Waals surface area contributed by atoms with Crippen LogP contribution in [0.2, 0.25) is 0 Å². The van der Waals surface area contributed by atoms with Crippen molar-refractivity contribution >= 4 is 28.6 Å². The van der Waals surface area contributed by atoms with E-state index in [4.69, 9.17) is 10.3 Å². The summed E-state index contributed by atoms with van der Waals surface area (Å²) < 4.78 is 6.50. The van der Waals surface area contributed by atoms with Gasteiger partial charge in [0, 0.05) is 23.7 Å². The number of fused-ring (bicyclic) bond motifs is 1. The summed E-state index contributed by atoms with van der Waals surface area (Å²) in [5, 5.41) is 15.0. The van der Waals surface area contributed by atoms with Crippen LogP contribution >= 0.6 is 0 Å². The van der Waals surface area contributed by atoms with E-state index in [2.05, 4.69) is 10.1 Å². The fourth-order valence-corrected chi connectivity index (χ4v) is 3.26. The number of aromatic amines is 1. The fourth-order valence-electron chi connectivity index (χ4n) is 3.26. The van der Waals surface area contributed by atoms with Gasteiger partial charge in [0.15, 0.2) is 5.88 Å². The van der Waals surface area contributed by atoms with Gasteiger partial charge >= 0.3 is 5.97 Å². The molecule has 0 aliphatic heterocycles. The smallest absolute Gasteiger partial charge is 0.339 e. The number of H-pyrrole nitrogens is 1. The maximum absolute atomic E-state index is 12.0. The minimum Gasteiger partial charge on any atom is -0.494 e. The third-order valence-electron chi connectivity index (χ3n) is 4.60. The van der Waals surface area contributed by atoms with Crippen LogP contribution in [-0.4, -0.2) is 27.7 Å². The molecule has 2 heterocycles. The van der Waals surface area contributed by atoms with E-state index in [1.807, 2.05) is 24.3 Å². The number of esters is 1. The number of hydrogen-bond donors (Lipinski definition) is 3. The van der Waals surface area contributed by atoms with Gasteiger partial charge in [-0.2, -0.15) is 5.11 Å². The van der Waals surface area contributed by atoms with E-state index in [1.165, 1.54) is 7.11 Å². The molecule has 3 aromatic rings. The number of para-hydroxylation sites is 1. The van der Waals surface area contributed by atoms with Gasteiger partial charge in [0.1, 0.15) is 5.70 Å². The largest absolute Gasteiger partial charge is 0.494 e. The van der Waals surface area contributed by atoms with Crippen molar-refractivity contribution in [3.8, 4) is 5.88 Å². The number of nitrogens with one attached hydrogen (secondary N) is 2. The van der Waals surface area contributed by atoms with Gasteiger partial charge in [0.25, 0.3) is 0 Å². The molecule has 0 radical (unpaired) electrons. The lowest BCUT2D eigenvalue weighted by Gasteiger charge is -2.02. The van der Waals surface area contributed by atoms with Gasteiger partial charge in [0.05, 0.1) is 23.9 Å². The Kier molecular flexibility index (Phi) is 4.38. The molecule has 0 aliphatic carbocycles. The Hall–Kier alpha value is -3.35. The van der Waals surface area contributed by atoms with Gasteiger partial charge in [-0.05, 0) is 31.6 Å². The zero-order chi connectivity index (χ0) is 19.0. The van der Waals surface area contributed by atoms with E-state index in [-0.39, 0.29) is 5.88 Å². The van der Waals surface area contributed by atoms with Gasteiger partial charge in [-0.25, -0.2) is 10.3 Å². The van der Waals surface area contributed by atoms with E-state index < -0.39 is 5.97 Å². The highest BCUT2D eigenvalue weighted by Gasteiger charge is 2.21. The van der Waals surface area contributed by atoms with E-state index in [1.54, 1.807) is 31.5 Å². The zero-order valence-electron chi connectivity index (χ0n) is 15.0. The molecule has 3 N–H and O–H groups in total. The predicted octanol–water partition coefficient (Wildman–Crippen LogP) is 4.14. The number of methoxy groups -OCH3 is 1. The molecule has 0 atom stereocenters. The van der Waals surface area contributed by atoms with Gasteiger partial charge in [-0.1, -0.05) is 18.2 Å². The Morgan fingerprint density at radius 1 is 1.35 bits per heavy atom. The molecule has 26 heavy (non-hydrogen) atoms. The number of carbonyl (C=O) groups is 1. The quantitative estimate of drug-likeness (QED) is 0.485. The predicted molar refractivity (Wildman–Crippen MR) is 99.2 cm³/mol. The molecular weight excluding hydrogens is 332 g/mol. The lowest BCUT2D eigenvalue weighted by molar-refractivity contribution is 0.0599. The lowest BCUT2D eigenvalue weighted by atomic mass is 10.1. The number of rotatable bonds is 4. The standard InChI is InChI=1S/C19H20N4O3/c1-10-16(19(25)26-4)11(2)21-17(10)14(22-20)9-13-12-7-5-6-8-15(12)23(3)18(13)24/h5-9,20-21,24H,1-4H3/b14-9-,22-20?. The molecule has 0 spiro atoms. The third-order valence-corrected chi connectivity index (χ3v) is 4.60. The number of benzene rings is 1. The van der Waals surface area contributed by atoms with Crippen LogP contribution in [-0.2, 0) is 11.8 Å². The molecule has 0 aliphatic rings. The summed E-state index contributed by atoms with van der Waals surface area (Å²) in [5.41, 5.74) is 11.6. The van der Waals surface area contributed by atoms with Crippen molar-refractivity contribution in [2.24, 2.45) is 12.2 Å². The highest BCUT2D eigenvalue weighted by Crippen LogP contribution is 2.35. The van der Waals surface area contributed by atoms with Crippen LogP contribution in [0.25, 0.3) is 22.7 Å². The number of ether oxygens (including phenoxy) is 1. The van der Waals surface area contributed by atoms with Gasteiger partial charge in [-0.15, -0.1) is 0 Å². The molecule has 134 valence electrons. The Morgan fingerprint density at radius 2 is 2.04 bits per heavy atom. The van der Waals surface area contributed by atoms with E-state index in [9.17, 15) is 9.90 Å². The second kappa shape index (κ2) is 6.51. The summed E-state index contributed by atoms with van der Waals surface area (Å²) >= 11 is 0. The van der Waals surface area contributed by atoms with E-state index >= 15 is 0 Å². The minimum atomic E-state index is -0.445. The highest BCUT2D eigenvalue weighted by atomic mass is 16.5. The van der Waals surface area contributed by atoms with Crippen molar-refractivity contribution < 1.29 is 14.6 Å². The van der Waals surface area contributed by atoms with Crippen molar-refractivity contribution in [1.82, 2.24) is 9.55 Å². The van der Waals surface area contributed by atoms with Crippen molar-refractivity contribution in [1.29, 1.82) is 5.53 Å². The first kappa shape index (κ1) is 17.5. The van der Waals surface area contributed by atoms with Crippen LogP contribution < -0.4 is 0 Å². The average molecular weight is 352 g/mol. The molecule has 7 heteroatoms. The summed E-state index contributed by atoms with van der Waals surface area (Å²) in [6, 6.07) is 7.58. The molecule has 0 saturated carbocycles. The first-order chi connectivity index (χ1) is 12.4. The molecular formula is C19H20N4O3. The summed E-state index contributed by atoms with van der Waals surface area (Å²) in [7, 11) is 3.10. The first-order valence-electron chi connectivity index (χ1n) is 8.04. The summed E-state index contributed by atoms with van der Waals surface area (Å²) in [5.74, 6) is -0.360. The van der Waals surface area contributed by atoms with Crippen molar-refractivity contribution in [3.05, 3.63) is 52.3 Å². The third kappa shape index (κ3) is 2.57. The molecule has 7 nitrogen and oxygen atoms in total. The van der Waals surface area contributed by atoms with Crippen molar-refractivity contribution in [2.75, 3.05) is 7.11 Å². The highest BCUT2D eigenvalue weighted by molar-refractivity contribution is 5.99. The molecule has 3 rings (SSSR count). The maximum atomic E-state index is 12.0. The number of nitrogens with zero attached hydrogens (tertiary/aromatic N) is 2. The number of carbonyl (C=O) groups excluding carboxylic acids is 1. The van der Waals surface area contributed by atoms with E-state index in [0.29, 0.717) is 33.8 Å². The molecule has 0 saturated heterocycles. The Balaban J connectivity index is 2.22. The monoisotopic (exact) mass is 352 g/mol. The SMILES string of the molecule is COC(=O)c1c(C)[nH]c(/C(=C/c2c(O)n(C)c3ccccc23)N=N)c1C. The topological polar surface area (TPSA) is 103 Å². The molecule has 0 unspecified atom stereocenters. The summed E-state index contributed by atoms with van der Waals surface area (Å²) in [6.07, 6.45) is 1.64. The second-order valence-electron chi connectivity index (χ2n) is 6.07. The van der Waals surface area contributed by atoms with Crippen LogP contribution in [0.15, 0.2) is 29.4 Å². The Labute approximate surface area is 150 Å². The summed E-state index contributed by atoms with van der Waals surface area (Å²) in [6.45, 7) is 3.53. The Bertz CT molecular complexity index is 1060. The normalized spacial score (nSPS) is 11.8. The average Bonchev–Trinajstić information content (AvgIpc) is 3.07. The van der Waals surface area contributed by atoms with Crippen LogP contribution in [0, 0.1) is 19.4 Å². The number of hydrogen-bond acceptors (Lipinski definition) is 5. The van der Waals surface area contributed by atoms with Crippen LogP contribution in [0.4, 0.5) is 0 Å². The van der Waals surface area contributed by atoms with E-state index in [0.717, 1.165) is 10.9 Å². The Morgan fingerprint density at radius 3 is 2.69 bits per heavy atom. The molecule has 1 aromatic carbocycles. The molecule has 0 amide bonds. The van der Waals surface area contributed by atoms with Crippen LogP contribution in [0.5, 0.6) is 5.88 Å². The number of aryl methyl sites for hydroxylation is 2. The fraction of sp³-hybridized carbons (Fsp3) is 0.211. The lowest BCUT2D eigenvalue weighted by Crippen LogP contribution is -2.03. The molecule has 0 bridgehead atoms.